The molecular weight excluding hydrogens is 593 g/mol. The average molecular weight is 626 g/mol. The van der Waals surface area contributed by atoms with Crippen LogP contribution in [0.2, 0.25) is 0 Å². The Morgan fingerprint density at radius 2 is 1.68 bits per heavy atom. The number of hydrogen-bond donors (Lipinski definition) is 4. The van der Waals surface area contributed by atoms with Crippen molar-refractivity contribution < 1.29 is 9.18 Å². The topological polar surface area (TPSA) is 128 Å². The van der Waals surface area contributed by atoms with Gasteiger partial charge in [-0.05, 0) is 73.3 Å². The predicted octanol–water partition coefficient (Wildman–Crippen LogP) is 6.52. The first-order chi connectivity index (χ1) is 22.9. The van der Waals surface area contributed by atoms with Crippen LogP contribution in [0.15, 0.2) is 97.6 Å². The van der Waals surface area contributed by atoms with Gasteiger partial charge in [0.2, 0.25) is 5.91 Å². The first-order valence-electron chi connectivity index (χ1n) is 15.2. The number of likely N-dealkylation sites (N-methyl/N-ethyl adjacent to an activating group) is 1. The highest BCUT2D eigenvalue weighted by molar-refractivity contribution is 6.00. The van der Waals surface area contributed by atoms with Crippen molar-refractivity contribution >= 4 is 39.3 Å². The summed E-state index contributed by atoms with van der Waals surface area (Å²) >= 11 is 0. The molecule has 234 valence electrons. The van der Waals surface area contributed by atoms with E-state index in [9.17, 15) is 9.18 Å². The number of carbonyl (C=O) groups is 1. The maximum atomic E-state index is 14.7. The lowest BCUT2D eigenvalue weighted by molar-refractivity contribution is -0.115. The summed E-state index contributed by atoms with van der Waals surface area (Å²) in [4.78, 5) is 31.6. The van der Waals surface area contributed by atoms with E-state index in [0.717, 1.165) is 50.8 Å². The van der Waals surface area contributed by atoms with Crippen molar-refractivity contribution in [3.8, 4) is 33.6 Å². The minimum atomic E-state index is -0.318. The van der Waals surface area contributed by atoms with Crippen LogP contribution in [0.25, 0.3) is 55.7 Å². The van der Waals surface area contributed by atoms with Crippen LogP contribution in [0.5, 0.6) is 0 Å². The maximum Gasteiger partial charge on any atom is 0.228 e. The third kappa shape index (κ3) is 6.56. The maximum absolute atomic E-state index is 14.7. The molecule has 5 aromatic heterocycles. The average Bonchev–Trinajstić information content (AvgIpc) is 3.69. The number of nitrogens with one attached hydrogen (secondary N) is 4. The van der Waals surface area contributed by atoms with E-state index in [4.69, 9.17) is 0 Å². The summed E-state index contributed by atoms with van der Waals surface area (Å²) in [6.45, 7) is 1.52. The highest BCUT2D eigenvalue weighted by Gasteiger charge is 2.17. The van der Waals surface area contributed by atoms with Crippen LogP contribution < -0.4 is 10.6 Å². The third-order valence-corrected chi connectivity index (χ3v) is 7.86. The van der Waals surface area contributed by atoms with Crippen LogP contribution in [-0.4, -0.2) is 68.1 Å². The fraction of sp³-hybridized carbons (Fsp3) is 0.139. The monoisotopic (exact) mass is 625 g/mol. The summed E-state index contributed by atoms with van der Waals surface area (Å²) in [5.41, 5.74) is 8.15. The number of aromatic amines is 2. The Labute approximate surface area is 270 Å². The molecule has 0 saturated heterocycles. The highest BCUT2D eigenvalue weighted by Crippen LogP contribution is 2.35. The van der Waals surface area contributed by atoms with E-state index in [0.29, 0.717) is 34.9 Å². The molecule has 0 aliphatic heterocycles. The zero-order valence-electron chi connectivity index (χ0n) is 25.9. The van der Waals surface area contributed by atoms with Gasteiger partial charge in [0.15, 0.2) is 5.65 Å². The number of anilines is 2. The minimum Gasteiger partial charge on any atom is -0.384 e. The van der Waals surface area contributed by atoms with Crippen molar-refractivity contribution in [3.05, 3.63) is 109 Å². The molecule has 0 aliphatic rings. The fourth-order valence-electron chi connectivity index (χ4n) is 5.60. The van der Waals surface area contributed by atoms with E-state index in [1.165, 1.54) is 12.1 Å². The molecule has 11 heteroatoms. The van der Waals surface area contributed by atoms with Gasteiger partial charge in [-0.15, -0.1) is 0 Å². The predicted molar refractivity (Wildman–Crippen MR) is 183 cm³/mol. The number of pyridine rings is 3. The molecule has 0 unspecified atom stereocenters. The Hall–Kier alpha value is -5.94. The van der Waals surface area contributed by atoms with Gasteiger partial charge in [-0.25, -0.2) is 14.4 Å². The quantitative estimate of drug-likeness (QED) is 0.136. The second-order valence-corrected chi connectivity index (χ2v) is 11.6. The molecule has 10 nitrogen and oxygen atoms in total. The van der Waals surface area contributed by atoms with Crippen LogP contribution in [0, 0.1) is 5.82 Å². The van der Waals surface area contributed by atoms with Gasteiger partial charge in [0.1, 0.15) is 17.2 Å². The van der Waals surface area contributed by atoms with Crippen molar-refractivity contribution in [2.75, 3.05) is 37.8 Å². The van der Waals surface area contributed by atoms with Crippen LogP contribution in [0.4, 0.5) is 15.8 Å². The number of amides is 1. The second-order valence-electron chi connectivity index (χ2n) is 11.6. The summed E-state index contributed by atoms with van der Waals surface area (Å²) in [5.74, 6) is -0.440. The molecule has 0 fully saturated rings. The Balaban J connectivity index is 1.18. The molecule has 5 heterocycles. The van der Waals surface area contributed by atoms with Crippen LogP contribution >= 0.6 is 0 Å². The molecule has 1 amide bonds. The lowest BCUT2D eigenvalue weighted by atomic mass is 10.0. The summed E-state index contributed by atoms with van der Waals surface area (Å²) in [6, 6.07) is 22.3. The number of carbonyl (C=O) groups excluding carboxylic acids is 1. The third-order valence-electron chi connectivity index (χ3n) is 7.86. The van der Waals surface area contributed by atoms with Crippen LogP contribution in [0.1, 0.15) is 5.56 Å². The first kappa shape index (κ1) is 29.8. The van der Waals surface area contributed by atoms with Gasteiger partial charge in [0.25, 0.3) is 0 Å². The molecule has 2 aromatic carbocycles. The molecule has 0 radical (unpaired) electrons. The Kier molecular flexibility index (Phi) is 8.11. The van der Waals surface area contributed by atoms with Crippen molar-refractivity contribution in [3.63, 3.8) is 0 Å². The number of halogens is 1. The molecule has 0 bridgehead atoms. The van der Waals surface area contributed by atoms with Gasteiger partial charge < -0.3 is 20.5 Å². The molecule has 0 atom stereocenters. The number of hydrogen-bond acceptors (Lipinski definition) is 7. The fourth-order valence-corrected chi connectivity index (χ4v) is 5.60. The smallest absolute Gasteiger partial charge is 0.228 e. The standard InChI is InChI=1S/C36H32FN9O/c1-46(2)11-10-39-27-14-23(13-26(37)17-27)29-8-9-40-35-30(29)18-32(43-35)34-31-16-25(20-41-36(31)45-44-34)24-15-28(21-38-19-24)42-33(47)12-22-6-4-3-5-7-22/h3-9,13-21,39H,10-12H2,1-2H3,(H,40,43)(H,42,47)(H,41,44,45). The summed E-state index contributed by atoms with van der Waals surface area (Å²) in [7, 11) is 4.00. The minimum absolute atomic E-state index is 0.123. The number of fused-ring (bicyclic) bond motifs is 2. The largest absolute Gasteiger partial charge is 0.384 e. The highest BCUT2D eigenvalue weighted by atomic mass is 19.1. The molecule has 47 heavy (non-hydrogen) atoms. The van der Waals surface area contributed by atoms with Gasteiger partial charge >= 0.3 is 0 Å². The molecule has 7 aromatic rings. The number of nitrogens with zero attached hydrogens (tertiary/aromatic N) is 5. The van der Waals surface area contributed by atoms with Gasteiger partial charge in [-0.1, -0.05) is 30.3 Å². The number of rotatable bonds is 10. The zero-order chi connectivity index (χ0) is 32.3. The normalized spacial score (nSPS) is 11.4. The number of aromatic nitrogens is 6. The van der Waals surface area contributed by atoms with E-state index in [-0.39, 0.29) is 18.1 Å². The van der Waals surface area contributed by atoms with Crippen molar-refractivity contribution in [1.82, 2.24) is 35.0 Å². The van der Waals surface area contributed by atoms with Gasteiger partial charge in [-0.2, -0.15) is 5.10 Å². The van der Waals surface area contributed by atoms with E-state index in [1.54, 1.807) is 24.8 Å². The van der Waals surface area contributed by atoms with Crippen LogP contribution in [-0.2, 0) is 11.2 Å². The lowest BCUT2D eigenvalue weighted by Gasteiger charge is -2.13. The van der Waals surface area contributed by atoms with Crippen molar-refractivity contribution in [2.24, 2.45) is 0 Å². The van der Waals surface area contributed by atoms with Crippen LogP contribution in [0.3, 0.4) is 0 Å². The Morgan fingerprint density at radius 3 is 2.53 bits per heavy atom. The Bertz CT molecular complexity index is 2210. The SMILES string of the molecule is CN(C)CCNc1cc(F)cc(-c2ccnc3[nH]c(-c4n[nH]c5ncc(-c6cncc(NC(=O)Cc7ccccc7)c6)cc45)cc23)c1. The second kappa shape index (κ2) is 12.8. The lowest BCUT2D eigenvalue weighted by Crippen LogP contribution is -2.20. The summed E-state index contributed by atoms with van der Waals surface area (Å²) in [6.07, 6.45) is 7.08. The first-order valence-corrected chi connectivity index (χ1v) is 15.2. The number of H-pyrrole nitrogens is 2. The van der Waals surface area contributed by atoms with Crippen molar-refractivity contribution in [2.45, 2.75) is 6.42 Å². The summed E-state index contributed by atoms with van der Waals surface area (Å²) in [5, 5.41) is 15.5. The van der Waals surface area contributed by atoms with Gasteiger partial charge in [0, 0.05) is 59.3 Å². The molecule has 0 aliphatic carbocycles. The van der Waals surface area contributed by atoms with E-state index >= 15 is 0 Å². The molecular formula is C36H32FN9O. The zero-order valence-corrected chi connectivity index (χ0v) is 25.9. The molecule has 4 N–H and O–H groups in total. The molecule has 0 saturated carbocycles. The molecule has 7 rings (SSSR count). The van der Waals surface area contributed by atoms with Gasteiger partial charge in [-0.3, -0.25) is 14.9 Å². The van der Waals surface area contributed by atoms with Crippen molar-refractivity contribution in [1.29, 1.82) is 0 Å². The number of benzene rings is 2. The van der Waals surface area contributed by atoms with E-state index in [2.05, 4.69) is 45.7 Å². The van der Waals surface area contributed by atoms with E-state index in [1.807, 2.05) is 74.8 Å². The Morgan fingerprint density at radius 1 is 0.851 bits per heavy atom. The summed E-state index contributed by atoms with van der Waals surface area (Å²) < 4.78 is 14.7. The molecule has 0 spiro atoms. The van der Waals surface area contributed by atoms with E-state index < -0.39 is 0 Å². The van der Waals surface area contributed by atoms with Gasteiger partial charge in [0.05, 0.1) is 24.0 Å².